The molecule has 0 unspecified atom stereocenters. The molecule has 0 radical (unpaired) electrons. The third kappa shape index (κ3) is 5.00. The monoisotopic (exact) mass is 413 g/mol. The molecule has 140 valence electrons. The molecule has 4 nitrogen and oxygen atoms in total. The molecule has 1 N–H and O–H groups in total. The standard InChI is InChI=1S/C19H21Cl2NO3S/c1-5-16-10(2)8-17(26-16)19(24)25-12(4)18(23)22-11(3)14-7-6-13(20)9-15(14)21/h6-9,11-12H,5H2,1-4H3,(H,22,23)/t11-,12+/m0/s1. The number of hydrogen-bond donors (Lipinski definition) is 1. The second-order valence-electron chi connectivity index (χ2n) is 6.01. The van der Waals surface area contributed by atoms with Crippen molar-refractivity contribution in [3.63, 3.8) is 0 Å². The largest absolute Gasteiger partial charge is 0.448 e. The fourth-order valence-electron chi connectivity index (χ4n) is 2.50. The number of nitrogens with one attached hydrogen (secondary N) is 1. The lowest BCUT2D eigenvalue weighted by atomic mass is 10.1. The summed E-state index contributed by atoms with van der Waals surface area (Å²) in [6.45, 7) is 7.34. The molecule has 0 spiro atoms. The zero-order chi connectivity index (χ0) is 19.4. The first-order valence-electron chi connectivity index (χ1n) is 8.28. The van der Waals surface area contributed by atoms with Gasteiger partial charge in [0, 0.05) is 14.9 Å². The van der Waals surface area contributed by atoms with Crippen LogP contribution in [-0.2, 0) is 16.0 Å². The molecular weight excluding hydrogens is 393 g/mol. The van der Waals surface area contributed by atoms with E-state index in [1.807, 2.05) is 13.8 Å². The number of esters is 1. The summed E-state index contributed by atoms with van der Waals surface area (Å²) in [6, 6.07) is 6.54. The topological polar surface area (TPSA) is 55.4 Å². The first-order valence-corrected chi connectivity index (χ1v) is 9.85. The lowest BCUT2D eigenvalue weighted by molar-refractivity contribution is -0.129. The summed E-state index contributed by atoms with van der Waals surface area (Å²) in [7, 11) is 0. The van der Waals surface area contributed by atoms with E-state index < -0.39 is 12.1 Å². The van der Waals surface area contributed by atoms with E-state index in [0.717, 1.165) is 22.4 Å². The van der Waals surface area contributed by atoms with Crippen LogP contribution in [0.5, 0.6) is 0 Å². The molecule has 2 rings (SSSR count). The second kappa shape index (κ2) is 8.89. The third-order valence-electron chi connectivity index (χ3n) is 3.98. The molecule has 0 bridgehead atoms. The Morgan fingerprint density at radius 2 is 1.92 bits per heavy atom. The highest BCUT2D eigenvalue weighted by molar-refractivity contribution is 7.14. The first-order chi connectivity index (χ1) is 12.2. The van der Waals surface area contributed by atoms with Crippen molar-refractivity contribution in [3.8, 4) is 0 Å². The average Bonchev–Trinajstić information content (AvgIpc) is 2.95. The van der Waals surface area contributed by atoms with E-state index in [4.69, 9.17) is 27.9 Å². The van der Waals surface area contributed by atoms with Gasteiger partial charge in [-0.1, -0.05) is 36.2 Å². The van der Waals surface area contributed by atoms with Crippen molar-refractivity contribution in [2.24, 2.45) is 0 Å². The number of rotatable bonds is 6. The minimum atomic E-state index is -0.913. The molecular formula is C19H21Cl2NO3S. The van der Waals surface area contributed by atoms with Gasteiger partial charge >= 0.3 is 5.97 Å². The van der Waals surface area contributed by atoms with Crippen molar-refractivity contribution in [1.82, 2.24) is 5.32 Å². The van der Waals surface area contributed by atoms with Crippen molar-refractivity contribution in [2.45, 2.75) is 46.3 Å². The van der Waals surface area contributed by atoms with Gasteiger partial charge in [-0.25, -0.2) is 4.79 Å². The highest BCUT2D eigenvalue weighted by Gasteiger charge is 2.23. The van der Waals surface area contributed by atoms with E-state index in [-0.39, 0.29) is 11.9 Å². The predicted molar refractivity (Wildman–Crippen MR) is 106 cm³/mol. The smallest absolute Gasteiger partial charge is 0.349 e. The van der Waals surface area contributed by atoms with E-state index in [2.05, 4.69) is 5.32 Å². The van der Waals surface area contributed by atoms with Crippen LogP contribution in [0, 0.1) is 6.92 Å². The highest BCUT2D eigenvalue weighted by atomic mass is 35.5. The highest BCUT2D eigenvalue weighted by Crippen LogP contribution is 2.26. The van der Waals surface area contributed by atoms with E-state index in [1.54, 1.807) is 38.1 Å². The van der Waals surface area contributed by atoms with Crippen molar-refractivity contribution < 1.29 is 14.3 Å². The van der Waals surface area contributed by atoms with Crippen molar-refractivity contribution in [1.29, 1.82) is 0 Å². The molecule has 0 aliphatic heterocycles. The first kappa shape index (κ1) is 20.7. The van der Waals surface area contributed by atoms with Crippen molar-refractivity contribution in [3.05, 3.63) is 55.2 Å². The number of carbonyl (C=O) groups is 2. The predicted octanol–water partition coefficient (Wildman–Crippen LogP) is 5.35. The summed E-state index contributed by atoms with van der Waals surface area (Å²) in [4.78, 5) is 26.3. The number of halogens is 2. The lowest BCUT2D eigenvalue weighted by Crippen LogP contribution is -2.37. The zero-order valence-electron chi connectivity index (χ0n) is 15.1. The number of thiophene rings is 1. The Balaban J connectivity index is 1.99. The van der Waals surface area contributed by atoms with Crippen LogP contribution in [0.4, 0.5) is 0 Å². The van der Waals surface area contributed by atoms with Crippen LogP contribution in [-0.4, -0.2) is 18.0 Å². The van der Waals surface area contributed by atoms with Gasteiger partial charge in [-0.15, -0.1) is 11.3 Å². The minimum absolute atomic E-state index is 0.343. The zero-order valence-corrected chi connectivity index (χ0v) is 17.4. The fourth-order valence-corrected chi connectivity index (χ4v) is 4.07. The summed E-state index contributed by atoms with van der Waals surface area (Å²) >= 11 is 13.5. The fraction of sp³-hybridized carbons (Fsp3) is 0.368. The van der Waals surface area contributed by atoms with E-state index >= 15 is 0 Å². The second-order valence-corrected chi connectivity index (χ2v) is 7.99. The Morgan fingerprint density at radius 3 is 2.50 bits per heavy atom. The van der Waals surface area contributed by atoms with Crippen LogP contribution < -0.4 is 5.32 Å². The number of carbonyl (C=O) groups excluding carboxylic acids is 2. The number of amides is 1. The van der Waals surface area contributed by atoms with Gasteiger partial charge in [-0.2, -0.15) is 0 Å². The Morgan fingerprint density at radius 1 is 1.23 bits per heavy atom. The molecule has 1 aromatic carbocycles. The van der Waals surface area contributed by atoms with E-state index in [9.17, 15) is 9.59 Å². The maximum Gasteiger partial charge on any atom is 0.349 e. The molecule has 1 heterocycles. The maximum absolute atomic E-state index is 12.3. The molecule has 1 amide bonds. The summed E-state index contributed by atoms with van der Waals surface area (Å²) < 4.78 is 5.30. The Bertz CT molecular complexity index is 819. The number of ether oxygens (including phenoxy) is 1. The SMILES string of the molecule is CCc1sc(C(=O)O[C@H](C)C(=O)N[C@@H](C)c2ccc(Cl)cc2Cl)cc1C. The van der Waals surface area contributed by atoms with Gasteiger partial charge in [0.05, 0.1) is 6.04 Å². The third-order valence-corrected chi connectivity index (χ3v) is 5.91. The molecule has 0 fully saturated rings. The Kier molecular flexibility index (Phi) is 7.09. The van der Waals surface area contributed by atoms with Crippen LogP contribution in [0.1, 0.15) is 52.5 Å². The summed E-state index contributed by atoms with van der Waals surface area (Å²) in [5, 5.41) is 3.79. The molecule has 0 saturated heterocycles. The quantitative estimate of drug-likeness (QED) is 0.649. The normalized spacial score (nSPS) is 13.2. The molecule has 0 saturated carbocycles. The van der Waals surface area contributed by atoms with Gasteiger partial charge in [0.15, 0.2) is 6.10 Å². The van der Waals surface area contributed by atoms with Gasteiger partial charge in [0.2, 0.25) is 0 Å². The van der Waals surface area contributed by atoms with Crippen molar-refractivity contribution in [2.75, 3.05) is 0 Å². The van der Waals surface area contributed by atoms with Crippen LogP contribution in [0.2, 0.25) is 10.0 Å². The Labute approximate surface area is 167 Å². The van der Waals surface area contributed by atoms with Gasteiger partial charge in [0.1, 0.15) is 4.88 Å². The van der Waals surface area contributed by atoms with Gasteiger partial charge in [-0.3, -0.25) is 4.79 Å². The van der Waals surface area contributed by atoms with E-state index in [0.29, 0.717) is 14.9 Å². The molecule has 2 aromatic rings. The number of aryl methyl sites for hydroxylation is 2. The molecule has 0 aliphatic carbocycles. The van der Waals surface area contributed by atoms with Crippen LogP contribution in [0.3, 0.4) is 0 Å². The number of benzene rings is 1. The molecule has 0 aliphatic rings. The minimum Gasteiger partial charge on any atom is -0.448 e. The molecule has 26 heavy (non-hydrogen) atoms. The van der Waals surface area contributed by atoms with Crippen LogP contribution in [0.15, 0.2) is 24.3 Å². The van der Waals surface area contributed by atoms with Crippen LogP contribution >= 0.6 is 34.5 Å². The summed E-state index contributed by atoms with van der Waals surface area (Å²) in [5.41, 5.74) is 1.80. The molecule has 1 aromatic heterocycles. The summed E-state index contributed by atoms with van der Waals surface area (Å²) in [6.07, 6.45) is -0.0531. The van der Waals surface area contributed by atoms with Crippen LogP contribution in [0.25, 0.3) is 0 Å². The average molecular weight is 414 g/mol. The lowest BCUT2D eigenvalue weighted by Gasteiger charge is -2.19. The van der Waals surface area contributed by atoms with E-state index in [1.165, 1.54) is 11.3 Å². The molecule has 2 atom stereocenters. The van der Waals surface area contributed by atoms with Crippen molar-refractivity contribution >= 4 is 46.4 Å². The maximum atomic E-state index is 12.3. The Hall–Kier alpha value is -1.56. The number of hydrogen-bond acceptors (Lipinski definition) is 4. The van der Waals surface area contributed by atoms with Gasteiger partial charge in [-0.05, 0) is 56.5 Å². The molecule has 7 heteroatoms. The van der Waals surface area contributed by atoms with Gasteiger partial charge < -0.3 is 10.1 Å². The summed E-state index contributed by atoms with van der Waals surface area (Å²) in [5.74, 6) is -0.876. The van der Waals surface area contributed by atoms with Gasteiger partial charge in [0.25, 0.3) is 5.91 Å².